The number of para-hydroxylation sites is 1. The maximum Gasteiger partial charge on any atom is 0.250 e. The second-order valence-corrected chi connectivity index (χ2v) is 9.33. The molecule has 0 aliphatic carbocycles. The number of carbonyl (C=O) groups is 1. The number of carbonyl (C=O) groups excluding carboxylic acids is 1. The van der Waals surface area contributed by atoms with Crippen LogP contribution < -0.4 is 5.43 Å². The van der Waals surface area contributed by atoms with E-state index in [1.807, 2.05) is 32.0 Å². The number of thioether (sulfide) groups is 1. The molecule has 0 aliphatic rings. The molecule has 5 rings (SSSR count). The number of nitrogens with one attached hydrogen (secondary N) is 1. The predicted molar refractivity (Wildman–Crippen MR) is 143 cm³/mol. The van der Waals surface area contributed by atoms with Gasteiger partial charge in [-0.2, -0.15) is 5.10 Å². The van der Waals surface area contributed by atoms with E-state index >= 15 is 0 Å². The molecule has 5 aromatic rings. The van der Waals surface area contributed by atoms with Gasteiger partial charge in [-0.25, -0.2) is 15.4 Å². The van der Waals surface area contributed by atoms with Crippen molar-refractivity contribution >= 4 is 45.6 Å². The Labute approximate surface area is 208 Å². The van der Waals surface area contributed by atoms with Gasteiger partial charge in [0.25, 0.3) is 5.91 Å². The molecular formula is C28H25N5OS. The van der Waals surface area contributed by atoms with Crippen LogP contribution in [-0.4, -0.2) is 32.4 Å². The van der Waals surface area contributed by atoms with Crippen molar-refractivity contribution in [3.05, 3.63) is 102 Å². The summed E-state index contributed by atoms with van der Waals surface area (Å²) >= 11 is 1.30. The summed E-state index contributed by atoms with van der Waals surface area (Å²) in [5.41, 5.74) is 7.73. The van der Waals surface area contributed by atoms with Crippen LogP contribution in [-0.2, 0) is 11.3 Å². The van der Waals surface area contributed by atoms with Gasteiger partial charge in [0.2, 0.25) is 0 Å². The quantitative estimate of drug-likeness (QED) is 0.145. The van der Waals surface area contributed by atoms with E-state index < -0.39 is 0 Å². The number of aryl methyl sites for hydroxylation is 2. The Morgan fingerprint density at radius 2 is 1.69 bits per heavy atom. The van der Waals surface area contributed by atoms with E-state index in [1.54, 1.807) is 6.21 Å². The van der Waals surface area contributed by atoms with Gasteiger partial charge in [0.15, 0.2) is 5.16 Å². The highest BCUT2D eigenvalue weighted by Gasteiger charge is 2.10. The van der Waals surface area contributed by atoms with Crippen LogP contribution in [0.3, 0.4) is 0 Å². The summed E-state index contributed by atoms with van der Waals surface area (Å²) < 4.78 is 2.23. The van der Waals surface area contributed by atoms with Crippen LogP contribution in [0.1, 0.15) is 22.5 Å². The second-order valence-electron chi connectivity index (χ2n) is 8.38. The first-order chi connectivity index (χ1) is 17.1. The zero-order valence-corrected chi connectivity index (χ0v) is 20.4. The molecule has 0 saturated heterocycles. The molecule has 0 unspecified atom stereocenters. The summed E-state index contributed by atoms with van der Waals surface area (Å²) in [7, 11) is 0. The fraction of sp³-hybridized carbons (Fsp3) is 0.143. The Bertz CT molecular complexity index is 1530. The van der Waals surface area contributed by atoms with Gasteiger partial charge in [-0.05, 0) is 42.3 Å². The first-order valence-corrected chi connectivity index (χ1v) is 12.4. The average Bonchev–Trinajstić information content (AvgIpc) is 3.20. The van der Waals surface area contributed by atoms with Gasteiger partial charge in [0.1, 0.15) is 0 Å². The molecule has 3 aromatic carbocycles. The maximum absolute atomic E-state index is 12.3. The van der Waals surface area contributed by atoms with Gasteiger partial charge in [0, 0.05) is 40.6 Å². The van der Waals surface area contributed by atoms with Gasteiger partial charge in [-0.1, -0.05) is 72.4 Å². The molecule has 7 heteroatoms. The molecule has 0 bridgehead atoms. The number of hydrogen-bond acceptors (Lipinski definition) is 5. The molecular weight excluding hydrogens is 454 g/mol. The Kier molecular flexibility index (Phi) is 6.59. The fourth-order valence-corrected chi connectivity index (χ4v) is 4.96. The number of nitrogens with zero attached hydrogens (tertiary/aromatic N) is 4. The topological polar surface area (TPSA) is 72.2 Å². The smallest absolute Gasteiger partial charge is 0.250 e. The number of aromatic nitrogens is 3. The van der Waals surface area contributed by atoms with Crippen LogP contribution in [0.25, 0.3) is 21.7 Å². The molecule has 6 nitrogen and oxygen atoms in total. The Hall–Kier alpha value is -3.97. The molecule has 2 heterocycles. The van der Waals surface area contributed by atoms with Crippen LogP contribution in [0.15, 0.2) is 89.3 Å². The normalized spacial score (nSPS) is 11.5. The summed E-state index contributed by atoms with van der Waals surface area (Å²) in [6.07, 6.45) is 3.79. The van der Waals surface area contributed by atoms with Crippen LogP contribution in [0, 0.1) is 13.8 Å². The second kappa shape index (κ2) is 10.1. The van der Waals surface area contributed by atoms with Crippen molar-refractivity contribution in [3.63, 3.8) is 0 Å². The molecule has 0 saturated carbocycles. The summed E-state index contributed by atoms with van der Waals surface area (Å²) in [6, 6.07) is 25.0. The number of hydrazone groups is 1. The van der Waals surface area contributed by atoms with Crippen LogP contribution in [0.5, 0.6) is 0 Å². The molecule has 0 radical (unpaired) electrons. The maximum atomic E-state index is 12.3. The highest BCUT2D eigenvalue weighted by molar-refractivity contribution is 7.99. The monoisotopic (exact) mass is 479 g/mol. The van der Waals surface area contributed by atoms with Crippen LogP contribution in [0.4, 0.5) is 0 Å². The largest absolute Gasteiger partial charge is 0.342 e. The predicted octanol–water partition coefficient (Wildman–Crippen LogP) is 5.49. The number of amides is 1. The number of benzene rings is 3. The van der Waals surface area contributed by atoms with Crippen LogP contribution in [0.2, 0.25) is 0 Å². The summed E-state index contributed by atoms with van der Waals surface area (Å²) in [4.78, 5) is 21.0. The standard InChI is InChI=1S/C28H25N5OS/c1-19-14-20(2)31-28(30-19)35-18-27(34)32-29-15-23-17-33(26-13-6-5-12-25(23)26)16-22-10-7-9-21-8-3-4-11-24(21)22/h3-15,17H,16,18H2,1-2H3,(H,32,34)/b29-15-. The van der Waals surface area contributed by atoms with Gasteiger partial charge < -0.3 is 4.57 Å². The summed E-state index contributed by atoms with van der Waals surface area (Å²) in [6.45, 7) is 4.58. The Morgan fingerprint density at radius 1 is 0.971 bits per heavy atom. The highest BCUT2D eigenvalue weighted by atomic mass is 32.2. The lowest BCUT2D eigenvalue weighted by atomic mass is 10.0. The minimum Gasteiger partial charge on any atom is -0.342 e. The molecule has 1 N–H and O–H groups in total. The Balaban J connectivity index is 1.31. The summed E-state index contributed by atoms with van der Waals surface area (Å²) in [5.74, 6) is -0.00297. The third-order valence-corrected chi connectivity index (χ3v) is 6.57. The minimum absolute atomic E-state index is 0.197. The molecule has 0 aliphatic heterocycles. The van der Waals surface area contributed by atoms with E-state index in [1.165, 1.54) is 28.1 Å². The zero-order chi connectivity index (χ0) is 24.2. The zero-order valence-electron chi connectivity index (χ0n) is 19.6. The molecule has 1 amide bonds. The third-order valence-electron chi connectivity index (χ3n) is 5.73. The van der Waals surface area contributed by atoms with Crippen molar-refractivity contribution in [1.82, 2.24) is 20.0 Å². The third kappa shape index (κ3) is 5.25. The van der Waals surface area contributed by atoms with E-state index in [0.29, 0.717) is 5.16 Å². The van der Waals surface area contributed by atoms with E-state index in [9.17, 15) is 4.79 Å². The van der Waals surface area contributed by atoms with Crippen molar-refractivity contribution in [3.8, 4) is 0 Å². The van der Waals surface area contributed by atoms with E-state index in [2.05, 4.69) is 85.9 Å². The lowest BCUT2D eigenvalue weighted by Gasteiger charge is -2.09. The average molecular weight is 480 g/mol. The van der Waals surface area contributed by atoms with Gasteiger partial charge >= 0.3 is 0 Å². The first kappa shape index (κ1) is 22.8. The lowest BCUT2D eigenvalue weighted by molar-refractivity contribution is -0.118. The van der Waals surface area contributed by atoms with Crippen molar-refractivity contribution in [1.29, 1.82) is 0 Å². The molecule has 0 atom stereocenters. The molecule has 0 spiro atoms. The van der Waals surface area contributed by atoms with E-state index in [4.69, 9.17) is 0 Å². The fourth-order valence-electron chi connectivity index (χ4n) is 4.22. The lowest BCUT2D eigenvalue weighted by Crippen LogP contribution is -2.19. The molecule has 0 fully saturated rings. The van der Waals surface area contributed by atoms with Crippen molar-refractivity contribution in [2.75, 3.05) is 5.75 Å². The molecule has 2 aromatic heterocycles. The van der Waals surface area contributed by atoms with Gasteiger partial charge in [-0.15, -0.1) is 0 Å². The number of fused-ring (bicyclic) bond motifs is 2. The van der Waals surface area contributed by atoms with Gasteiger partial charge in [0.05, 0.1) is 12.0 Å². The SMILES string of the molecule is Cc1cc(C)nc(SCC(=O)N/N=C\c2cn(Cc3cccc4ccccc34)c3ccccc23)n1. The van der Waals surface area contributed by atoms with E-state index in [-0.39, 0.29) is 11.7 Å². The van der Waals surface area contributed by atoms with Crippen molar-refractivity contribution in [2.24, 2.45) is 5.10 Å². The Morgan fingerprint density at radius 3 is 2.51 bits per heavy atom. The molecule has 35 heavy (non-hydrogen) atoms. The van der Waals surface area contributed by atoms with E-state index in [0.717, 1.165) is 34.4 Å². The number of rotatable bonds is 7. The number of hydrogen-bond donors (Lipinski definition) is 1. The highest BCUT2D eigenvalue weighted by Crippen LogP contribution is 2.24. The van der Waals surface area contributed by atoms with Crippen LogP contribution >= 0.6 is 11.8 Å². The molecule has 174 valence electrons. The summed E-state index contributed by atoms with van der Waals surface area (Å²) in [5, 5.41) is 8.38. The van der Waals surface area contributed by atoms with Gasteiger partial charge in [-0.3, -0.25) is 4.79 Å². The first-order valence-electron chi connectivity index (χ1n) is 11.4. The van der Waals surface area contributed by atoms with Crippen molar-refractivity contribution in [2.45, 2.75) is 25.5 Å². The minimum atomic E-state index is -0.200. The van der Waals surface area contributed by atoms with Crippen molar-refractivity contribution < 1.29 is 4.79 Å².